The summed E-state index contributed by atoms with van der Waals surface area (Å²) in [4.78, 5) is 43.9. The van der Waals surface area contributed by atoms with Gasteiger partial charge in [-0.1, -0.05) is 54.0 Å². The number of methoxy groups -OCH3 is 1. The number of hydrogen-bond donors (Lipinski definition) is 2. The van der Waals surface area contributed by atoms with Crippen molar-refractivity contribution < 1.29 is 34.1 Å². The quantitative estimate of drug-likeness (QED) is 0.216. The third-order valence-electron chi connectivity index (χ3n) is 17.0. The van der Waals surface area contributed by atoms with Crippen molar-refractivity contribution in [2.24, 2.45) is 56.2 Å². The highest BCUT2D eigenvalue weighted by Gasteiger charge is 2.71. The van der Waals surface area contributed by atoms with Crippen LogP contribution in [0.5, 0.6) is 0 Å². The number of Topliss-reactive ketones (excluding diaryl/α,β-unsaturated/α-hetero) is 1. The summed E-state index contributed by atoms with van der Waals surface area (Å²) in [7, 11) is 1.75. The summed E-state index contributed by atoms with van der Waals surface area (Å²) in [5.74, 6) is 0.175. The Morgan fingerprint density at radius 3 is 2.17 bits per heavy atom. The molecule has 0 spiro atoms. The Hall–Kier alpha value is -1.81. The number of aliphatic carboxylic acids is 1. The smallest absolute Gasteiger partial charge is 0.309 e. The fraction of sp³-hybridized carbons (Fsp3) is 0.886. The van der Waals surface area contributed by atoms with Gasteiger partial charge in [-0.25, -0.2) is 0 Å². The van der Waals surface area contributed by atoms with Crippen molar-refractivity contribution in [3.63, 3.8) is 0 Å². The van der Waals surface area contributed by atoms with Crippen LogP contribution >= 0.6 is 0 Å². The summed E-state index contributed by atoms with van der Waals surface area (Å²) >= 11 is 0. The number of β-amino-alcohol motifs (C(OH)–C–C–N with tert-alkyl or cyclic N) is 1. The molecule has 5 aliphatic carbocycles. The van der Waals surface area contributed by atoms with Gasteiger partial charge in [-0.3, -0.25) is 24.2 Å². The standard InChI is InChI=1S/C44H72N2O7/c1-28(2)36-30(47)25-44(33(48)27-46-21-19-45(20-22-46)23-24-52-10)18-17-42(8)29(37(36)44)11-12-32-41(7)15-14-34(53-35(49)26-39(3,4)38(50)51)40(5,6)31(41)13-16-43(32,42)9/h28-29,31-34,48H,11-27H2,1-10H3,(H,50,51). The van der Waals surface area contributed by atoms with Crippen LogP contribution in [0.15, 0.2) is 11.1 Å². The van der Waals surface area contributed by atoms with Gasteiger partial charge in [0.25, 0.3) is 0 Å². The van der Waals surface area contributed by atoms with Crippen molar-refractivity contribution in [3.8, 4) is 0 Å². The number of ketones is 1. The first-order valence-corrected chi connectivity index (χ1v) is 21.0. The molecular formula is C44H72N2O7. The zero-order valence-electron chi connectivity index (χ0n) is 34.8. The fourth-order valence-corrected chi connectivity index (χ4v) is 13.7. The largest absolute Gasteiger partial charge is 0.481 e. The Morgan fingerprint density at radius 2 is 1.55 bits per heavy atom. The van der Waals surface area contributed by atoms with E-state index >= 15 is 0 Å². The van der Waals surface area contributed by atoms with Crippen LogP contribution in [0.3, 0.4) is 0 Å². The van der Waals surface area contributed by atoms with E-state index in [0.29, 0.717) is 24.8 Å². The summed E-state index contributed by atoms with van der Waals surface area (Å²) in [6, 6.07) is 0. The van der Waals surface area contributed by atoms with Crippen LogP contribution < -0.4 is 0 Å². The molecule has 0 aromatic carbocycles. The maximum atomic E-state index is 14.1. The number of carboxylic acid groups (broad SMARTS) is 1. The molecule has 53 heavy (non-hydrogen) atoms. The number of carboxylic acids is 1. The Balaban J connectivity index is 1.25. The van der Waals surface area contributed by atoms with E-state index in [9.17, 15) is 24.6 Å². The topological polar surface area (TPSA) is 117 Å². The number of fused-ring (bicyclic) bond motifs is 7. The van der Waals surface area contributed by atoms with Crippen LogP contribution in [0.1, 0.15) is 127 Å². The number of aliphatic hydroxyl groups is 1. The molecule has 6 aliphatic rings. The Labute approximate surface area is 320 Å². The highest BCUT2D eigenvalue weighted by molar-refractivity contribution is 6.00. The van der Waals surface area contributed by atoms with E-state index in [0.717, 1.165) is 96.3 Å². The number of carbonyl (C=O) groups is 3. The van der Waals surface area contributed by atoms with E-state index in [1.165, 1.54) is 5.57 Å². The van der Waals surface area contributed by atoms with Gasteiger partial charge in [0, 0.05) is 63.6 Å². The second kappa shape index (κ2) is 14.3. The van der Waals surface area contributed by atoms with E-state index in [1.54, 1.807) is 21.0 Å². The van der Waals surface area contributed by atoms with Crippen molar-refractivity contribution in [1.29, 1.82) is 0 Å². The van der Waals surface area contributed by atoms with Crippen molar-refractivity contribution in [1.82, 2.24) is 9.80 Å². The molecule has 0 aromatic rings. The molecule has 1 saturated heterocycles. The van der Waals surface area contributed by atoms with Crippen molar-refractivity contribution in [3.05, 3.63) is 11.1 Å². The summed E-state index contributed by atoms with van der Waals surface area (Å²) in [6.07, 6.45) is 7.52. The first kappa shape index (κ1) is 40.8. The first-order chi connectivity index (χ1) is 24.7. The molecule has 0 aromatic heterocycles. The van der Waals surface area contributed by atoms with Gasteiger partial charge in [0.05, 0.1) is 24.5 Å². The predicted octanol–water partition coefficient (Wildman–Crippen LogP) is 7.00. The zero-order valence-corrected chi connectivity index (χ0v) is 34.8. The van der Waals surface area contributed by atoms with Crippen LogP contribution in [0.2, 0.25) is 0 Å². The maximum absolute atomic E-state index is 14.1. The molecule has 2 N–H and O–H groups in total. The third kappa shape index (κ3) is 6.57. The summed E-state index contributed by atoms with van der Waals surface area (Å²) in [5, 5.41) is 22.0. The lowest BCUT2D eigenvalue weighted by Gasteiger charge is -2.72. The number of allylic oxidation sites excluding steroid dienone is 1. The number of carbonyl (C=O) groups excluding carboxylic acids is 2. The van der Waals surface area contributed by atoms with Crippen LogP contribution in [-0.2, 0) is 23.9 Å². The molecule has 5 fully saturated rings. The first-order valence-electron chi connectivity index (χ1n) is 21.0. The Bertz CT molecular complexity index is 1460. The number of esters is 1. The normalized spacial score (nSPS) is 39.6. The molecular weight excluding hydrogens is 668 g/mol. The zero-order chi connectivity index (χ0) is 38.9. The van der Waals surface area contributed by atoms with Gasteiger partial charge in [0.1, 0.15) is 6.10 Å². The number of aliphatic hydroxyl groups excluding tert-OH is 1. The predicted molar refractivity (Wildman–Crippen MR) is 206 cm³/mol. The molecule has 1 heterocycles. The van der Waals surface area contributed by atoms with Crippen molar-refractivity contribution in [2.75, 3.05) is 53.0 Å². The Morgan fingerprint density at radius 1 is 0.887 bits per heavy atom. The van der Waals surface area contributed by atoms with Gasteiger partial charge in [-0.05, 0) is 111 Å². The van der Waals surface area contributed by atoms with Crippen LogP contribution in [0.25, 0.3) is 0 Å². The van der Waals surface area contributed by atoms with Gasteiger partial charge in [0.15, 0.2) is 5.78 Å². The minimum Gasteiger partial charge on any atom is -0.481 e. The van der Waals surface area contributed by atoms with Gasteiger partial charge < -0.3 is 19.7 Å². The Kier molecular flexibility index (Phi) is 11.0. The SMILES string of the molecule is COCCN1CCN(CC(O)C23CCC4(C)C(CCC5C6(C)CCC(OC(=O)CC(C)(C)C(=O)O)C(C)(C)C6CCC54C)C2=C(C(C)C)C(=O)C3)CC1. The van der Waals surface area contributed by atoms with Gasteiger partial charge in [-0.15, -0.1) is 0 Å². The minimum absolute atomic E-state index is 0.00998. The van der Waals surface area contributed by atoms with Crippen LogP contribution in [0.4, 0.5) is 0 Å². The van der Waals surface area contributed by atoms with E-state index in [2.05, 4.69) is 58.3 Å². The molecule has 9 unspecified atom stereocenters. The second-order valence-corrected chi connectivity index (χ2v) is 20.7. The molecule has 4 saturated carbocycles. The molecule has 1 aliphatic heterocycles. The monoisotopic (exact) mass is 741 g/mol. The van der Waals surface area contributed by atoms with E-state index in [1.807, 2.05) is 0 Å². The highest BCUT2D eigenvalue weighted by atomic mass is 16.5. The lowest BCUT2D eigenvalue weighted by atomic mass is 9.33. The summed E-state index contributed by atoms with van der Waals surface area (Å²) in [5.41, 5.74) is 0.657. The van der Waals surface area contributed by atoms with Gasteiger partial charge in [-0.2, -0.15) is 0 Å². The van der Waals surface area contributed by atoms with Gasteiger partial charge >= 0.3 is 11.9 Å². The molecule has 0 bridgehead atoms. The molecule has 9 atom stereocenters. The third-order valence-corrected chi connectivity index (χ3v) is 17.0. The lowest BCUT2D eigenvalue weighted by Crippen LogP contribution is -2.66. The van der Waals surface area contributed by atoms with Crippen LogP contribution in [0, 0.1) is 56.2 Å². The van der Waals surface area contributed by atoms with Crippen molar-refractivity contribution in [2.45, 2.75) is 139 Å². The number of piperazine rings is 1. The van der Waals surface area contributed by atoms with Crippen molar-refractivity contribution >= 4 is 17.7 Å². The molecule has 0 amide bonds. The number of ether oxygens (including phenoxy) is 2. The van der Waals surface area contributed by atoms with E-state index in [4.69, 9.17) is 9.47 Å². The van der Waals surface area contributed by atoms with E-state index in [-0.39, 0.29) is 51.8 Å². The van der Waals surface area contributed by atoms with E-state index < -0.39 is 28.9 Å². The summed E-state index contributed by atoms with van der Waals surface area (Å²) < 4.78 is 11.5. The number of rotatable bonds is 11. The lowest BCUT2D eigenvalue weighted by molar-refractivity contribution is -0.235. The summed E-state index contributed by atoms with van der Waals surface area (Å²) in [6.45, 7) is 25.9. The molecule has 300 valence electrons. The average molecular weight is 741 g/mol. The molecule has 6 rings (SSSR count). The molecule has 9 nitrogen and oxygen atoms in total. The second-order valence-electron chi connectivity index (χ2n) is 20.7. The fourth-order valence-electron chi connectivity index (χ4n) is 13.7. The minimum atomic E-state index is -1.16. The molecule has 0 radical (unpaired) electrons. The number of hydrogen-bond acceptors (Lipinski definition) is 8. The molecule has 9 heteroatoms. The maximum Gasteiger partial charge on any atom is 0.309 e. The highest BCUT2D eigenvalue weighted by Crippen LogP contribution is 2.77. The van der Waals surface area contributed by atoms with Gasteiger partial charge in [0.2, 0.25) is 0 Å². The average Bonchev–Trinajstić information content (AvgIpc) is 3.39. The van der Waals surface area contributed by atoms with Crippen LogP contribution in [-0.4, -0.2) is 103 Å². The number of nitrogens with zero attached hydrogens (tertiary/aromatic N) is 2.